The lowest BCUT2D eigenvalue weighted by Crippen LogP contribution is -2.36. The van der Waals surface area contributed by atoms with Crippen molar-refractivity contribution in [2.24, 2.45) is 5.92 Å². The molecule has 6 nitrogen and oxygen atoms in total. The van der Waals surface area contributed by atoms with Gasteiger partial charge in [-0.3, -0.25) is 9.59 Å². The van der Waals surface area contributed by atoms with Crippen LogP contribution < -0.4 is 0 Å². The van der Waals surface area contributed by atoms with Crippen molar-refractivity contribution in [3.05, 3.63) is 29.0 Å². The molecule has 25 heavy (non-hydrogen) atoms. The Morgan fingerprint density at radius 2 is 2.24 bits per heavy atom. The lowest BCUT2D eigenvalue weighted by molar-refractivity contribution is -0.134. The zero-order valence-electron chi connectivity index (χ0n) is 14.2. The third-order valence-corrected chi connectivity index (χ3v) is 5.28. The number of likely N-dealkylation sites (N-methyl/N-ethyl adjacent to an activating group) is 1. The molecule has 0 radical (unpaired) electrons. The highest BCUT2D eigenvalue weighted by atomic mass is 35.5. The molecule has 0 bridgehead atoms. The fraction of sp³-hybridized carbons (Fsp3) is 0.500. The molecule has 2 amide bonds. The largest absolute Gasteiger partial charge is 0.345 e. The lowest BCUT2D eigenvalue weighted by Gasteiger charge is -2.21. The number of aromatic amines is 1. The summed E-state index contributed by atoms with van der Waals surface area (Å²) in [6.45, 7) is 1.15. The summed E-state index contributed by atoms with van der Waals surface area (Å²) in [6.07, 6.45) is 3.15. The number of hydrogen-bond donors (Lipinski definition) is 1. The van der Waals surface area contributed by atoms with Gasteiger partial charge < -0.3 is 14.8 Å². The molecule has 1 N–H and O–H groups in total. The lowest BCUT2D eigenvalue weighted by atomic mass is 10.1. The number of benzene rings is 1. The third-order valence-electron chi connectivity index (χ3n) is 5.05. The van der Waals surface area contributed by atoms with Gasteiger partial charge >= 0.3 is 0 Å². The van der Waals surface area contributed by atoms with Crippen LogP contribution in [0.4, 0.5) is 0 Å². The first-order chi connectivity index (χ1) is 12.0. The average molecular weight is 361 g/mol. The Morgan fingerprint density at radius 1 is 1.44 bits per heavy atom. The minimum atomic E-state index is -0.201. The van der Waals surface area contributed by atoms with Crippen molar-refractivity contribution in [3.63, 3.8) is 0 Å². The zero-order chi connectivity index (χ0) is 17.6. The molecule has 1 saturated heterocycles. The van der Waals surface area contributed by atoms with Gasteiger partial charge in [-0.2, -0.15) is 0 Å². The zero-order valence-corrected chi connectivity index (χ0v) is 14.9. The molecule has 1 atom stereocenters. The van der Waals surface area contributed by atoms with Gasteiger partial charge in [0.05, 0.1) is 17.0 Å². The van der Waals surface area contributed by atoms with E-state index in [9.17, 15) is 9.59 Å². The number of amides is 2. The van der Waals surface area contributed by atoms with Gasteiger partial charge in [0.15, 0.2) is 0 Å². The van der Waals surface area contributed by atoms with E-state index < -0.39 is 0 Å². The molecule has 0 unspecified atom stereocenters. The molecule has 4 rings (SSSR count). The third kappa shape index (κ3) is 3.35. The predicted molar refractivity (Wildman–Crippen MR) is 95.3 cm³/mol. The molecular formula is C18H21ClN4O2. The van der Waals surface area contributed by atoms with Crippen molar-refractivity contribution in [2.45, 2.75) is 31.7 Å². The Labute approximate surface area is 151 Å². The molecule has 2 fully saturated rings. The second kappa shape index (κ2) is 6.33. The van der Waals surface area contributed by atoms with Crippen LogP contribution in [-0.4, -0.2) is 57.8 Å². The highest BCUT2D eigenvalue weighted by Crippen LogP contribution is 2.33. The second-order valence-electron chi connectivity index (χ2n) is 7.03. The number of halogens is 1. The molecule has 1 aromatic carbocycles. The second-order valence-corrected chi connectivity index (χ2v) is 7.47. The van der Waals surface area contributed by atoms with Crippen molar-refractivity contribution in [1.29, 1.82) is 0 Å². The Bertz CT molecular complexity index is 830. The molecule has 2 aromatic rings. The number of likely N-dealkylation sites (tertiary alicyclic amines) is 1. The van der Waals surface area contributed by atoms with Crippen LogP contribution in [0.5, 0.6) is 0 Å². The SMILES string of the molecule is CN(CCc1nc2ccc(Cl)cc2[nH]1)C(=O)[C@@H]1CC(=O)N(C2CC2)C1. The van der Waals surface area contributed by atoms with Gasteiger partial charge in [-0.1, -0.05) is 11.6 Å². The quantitative estimate of drug-likeness (QED) is 0.888. The van der Waals surface area contributed by atoms with E-state index in [-0.39, 0.29) is 17.7 Å². The van der Waals surface area contributed by atoms with Crippen molar-refractivity contribution in [1.82, 2.24) is 19.8 Å². The maximum absolute atomic E-state index is 12.6. The van der Waals surface area contributed by atoms with E-state index in [2.05, 4.69) is 9.97 Å². The van der Waals surface area contributed by atoms with Gasteiger partial charge in [0.1, 0.15) is 5.82 Å². The van der Waals surface area contributed by atoms with Crippen LogP contribution in [-0.2, 0) is 16.0 Å². The van der Waals surface area contributed by atoms with E-state index in [4.69, 9.17) is 11.6 Å². The van der Waals surface area contributed by atoms with Gasteiger partial charge in [0.2, 0.25) is 11.8 Å². The van der Waals surface area contributed by atoms with Gasteiger partial charge in [-0.25, -0.2) is 4.98 Å². The summed E-state index contributed by atoms with van der Waals surface area (Å²) in [4.78, 5) is 36.0. The van der Waals surface area contributed by atoms with Crippen molar-refractivity contribution in [3.8, 4) is 0 Å². The Balaban J connectivity index is 1.35. The molecule has 7 heteroatoms. The first-order valence-electron chi connectivity index (χ1n) is 8.70. The number of nitrogens with zero attached hydrogens (tertiary/aromatic N) is 3. The maximum atomic E-state index is 12.6. The van der Waals surface area contributed by atoms with Crippen LogP contribution in [0, 0.1) is 5.92 Å². The molecule has 132 valence electrons. The van der Waals surface area contributed by atoms with E-state index in [0.717, 1.165) is 29.7 Å². The molecule has 1 saturated carbocycles. The Hall–Kier alpha value is -2.08. The number of nitrogens with one attached hydrogen (secondary N) is 1. The molecule has 2 heterocycles. The number of carbonyl (C=O) groups is 2. The standard InChI is InChI=1S/C18H21ClN4O2/c1-22(18(25)11-8-17(24)23(10-11)13-3-4-13)7-6-16-20-14-5-2-12(19)9-15(14)21-16/h2,5,9,11,13H,3-4,6-8,10H2,1H3,(H,20,21)/t11-/m1/s1. The Morgan fingerprint density at radius 3 is 3.00 bits per heavy atom. The van der Waals surface area contributed by atoms with Gasteiger partial charge in [-0.15, -0.1) is 0 Å². The normalized spacial score (nSPS) is 20.5. The first-order valence-corrected chi connectivity index (χ1v) is 9.07. The fourth-order valence-electron chi connectivity index (χ4n) is 3.48. The van der Waals surface area contributed by atoms with Crippen LogP contribution in [0.25, 0.3) is 11.0 Å². The van der Waals surface area contributed by atoms with E-state index in [1.807, 2.05) is 23.1 Å². The summed E-state index contributed by atoms with van der Waals surface area (Å²) < 4.78 is 0. The van der Waals surface area contributed by atoms with Crippen LogP contribution in [0.3, 0.4) is 0 Å². The smallest absolute Gasteiger partial charge is 0.227 e. The summed E-state index contributed by atoms with van der Waals surface area (Å²) in [5.41, 5.74) is 1.77. The summed E-state index contributed by atoms with van der Waals surface area (Å²) in [5.74, 6) is 0.811. The topological polar surface area (TPSA) is 69.3 Å². The van der Waals surface area contributed by atoms with Crippen LogP contribution in [0.1, 0.15) is 25.1 Å². The van der Waals surface area contributed by atoms with E-state index >= 15 is 0 Å². The summed E-state index contributed by atoms with van der Waals surface area (Å²) >= 11 is 5.99. The molecule has 0 spiro atoms. The summed E-state index contributed by atoms with van der Waals surface area (Å²) in [6, 6.07) is 5.92. The van der Waals surface area contributed by atoms with Gasteiger partial charge in [-0.05, 0) is 31.0 Å². The van der Waals surface area contributed by atoms with Crippen LogP contribution >= 0.6 is 11.6 Å². The van der Waals surface area contributed by atoms with Crippen molar-refractivity contribution < 1.29 is 9.59 Å². The summed E-state index contributed by atoms with van der Waals surface area (Å²) in [5, 5.41) is 0.668. The molecular weight excluding hydrogens is 340 g/mol. The number of imidazole rings is 1. The average Bonchev–Trinajstić information content (AvgIpc) is 3.24. The minimum absolute atomic E-state index is 0.0515. The summed E-state index contributed by atoms with van der Waals surface area (Å²) in [7, 11) is 1.80. The first kappa shape index (κ1) is 16.4. The van der Waals surface area contributed by atoms with Gasteiger partial charge in [0, 0.05) is 44.0 Å². The number of fused-ring (bicyclic) bond motifs is 1. The molecule has 1 aliphatic heterocycles. The van der Waals surface area contributed by atoms with Crippen LogP contribution in [0.15, 0.2) is 18.2 Å². The highest BCUT2D eigenvalue weighted by molar-refractivity contribution is 6.31. The number of aromatic nitrogens is 2. The monoisotopic (exact) mass is 360 g/mol. The van der Waals surface area contributed by atoms with Crippen molar-refractivity contribution in [2.75, 3.05) is 20.1 Å². The number of hydrogen-bond acceptors (Lipinski definition) is 3. The number of carbonyl (C=O) groups excluding carboxylic acids is 2. The molecule has 2 aliphatic rings. The number of H-pyrrole nitrogens is 1. The molecule has 1 aromatic heterocycles. The van der Waals surface area contributed by atoms with E-state index in [0.29, 0.717) is 37.0 Å². The van der Waals surface area contributed by atoms with E-state index in [1.165, 1.54) is 0 Å². The minimum Gasteiger partial charge on any atom is -0.345 e. The number of rotatable bonds is 5. The van der Waals surface area contributed by atoms with E-state index in [1.54, 1.807) is 11.9 Å². The fourth-order valence-corrected chi connectivity index (χ4v) is 3.66. The Kier molecular flexibility index (Phi) is 4.15. The highest BCUT2D eigenvalue weighted by Gasteiger charge is 2.42. The molecule has 1 aliphatic carbocycles. The van der Waals surface area contributed by atoms with Gasteiger partial charge in [0.25, 0.3) is 0 Å². The van der Waals surface area contributed by atoms with Crippen LogP contribution in [0.2, 0.25) is 5.02 Å². The predicted octanol–water partition coefficient (Wildman–Crippen LogP) is 2.23. The maximum Gasteiger partial charge on any atom is 0.227 e. The van der Waals surface area contributed by atoms with Crippen molar-refractivity contribution >= 4 is 34.4 Å².